The number of amides is 1. The minimum absolute atomic E-state index is 0.207. The smallest absolute Gasteiger partial charge is 0.237 e. The van der Waals surface area contributed by atoms with Crippen LogP contribution in [-0.2, 0) is 16.0 Å². The number of hydrogen-bond donors (Lipinski definition) is 5. The molecule has 2 aliphatic heterocycles. The molecule has 0 bridgehead atoms. The zero-order valence-corrected chi connectivity index (χ0v) is 22.6. The first kappa shape index (κ1) is 29.6. The van der Waals surface area contributed by atoms with Gasteiger partial charge >= 0.3 is 0 Å². The molecule has 2 aliphatic rings. The van der Waals surface area contributed by atoms with E-state index < -0.39 is 41.3 Å². The molecule has 36 heavy (non-hydrogen) atoms. The van der Waals surface area contributed by atoms with Gasteiger partial charge in [0.15, 0.2) is 0 Å². The summed E-state index contributed by atoms with van der Waals surface area (Å²) in [6, 6.07) is 5.56. The van der Waals surface area contributed by atoms with Gasteiger partial charge in [0.05, 0.1) is 17.5 Å². The van der Waals surface area contributed by atoms with E-state index in [0.29, 0.717) is 12.3 Å². The fourth-order valence-electron chi connectivity index (χ4n) is 5.12. The molecule has 5 N–H and O–H groups in total. The normalized spacial score (nSPS) is 32.9. The van der Waals surface area contributed by atoms with Crippen molar-refractivity contribution in [2.45, 2.75) is 99.2 Å². The van der Waals surface area contributed by atoms with Gasteiger partial charge in [-0.05, 0) is 75.4 Å². The molecule has 1 amide bonds. The number of aliphatic hydroxyl groups excluding tert-OH is 3. The summed E-state index contributed by atoms with van der Waals surface area (Å²) in [6.45, 7) is 2.44. The summed E-state index contributed by atoms with van der Waals surface area (Å²) in [5.74, 6) is 0.119. The number of carbonyl (C=O) groups is 1. The van der Waals surface area contributed by atoms with E-state index in [0.717, 1.165) is 50.6 Å². The highest BCUT2D eigenvalue weighted by atomic mass is 35.5. The van der Waals surface area contributed by atoms with E-state index in [4.69, 9.17) is 16.3 Å². The molecule has 0 saturated carbocycles. The second-order valence-electron chi connectivity index (χ2n) is 10.00. The molecule has 204 valence electrons. The van der Waals surface area contributed by atoms with Crippen molar-refractivity contribution in [1.82, 2.24) is 10.6 Å². The number of alkyl halides is 1. The molecule has 1 aromatic carbocycles. The monoisotopic (exact) mass is 546 g/mol. The number of unbranched alkanes of at least 4 members (excludes halogenated alkanes) is 1. The average Bonchev–Trinajstić information content (AvgIpc) is 3.11. The zero-order chi connectivity index (χ0) is 26.2. The van der Waals surface area contributed by atoms with Gasteiger partial charge < -0.3 is 30.7 Å². The third kappa shape index (κ3) is 8.03. The van der Waals surface area contributed by atoms with Crippen molar-refractivity contribution in [1.29, 1.82) is 0 Å². The number of benzene rings is 1. The number of thioether (sulfide) groups is 1. The molecule has 2 fully saturated rings. The van der Waals surface area contributed by atoms with E-state index in [1.165, 1.54) is 23.9 Å². The number of rotatable bonds is 10. The van der Waals surface area contributed by atoms with Crippen molar-refractivity contribution >= 4 is 29.3 Å². The maximum Gasteiger partial charge on any atom is 0.237 e. The lowest BCUT2D eigenvalue weighted by Gasteiger charge is -2.44. The van der Waals surface area contributed by atoms with Crippen molar-refractivity contribution in [2.75, 3.05) is 12.8 Å². The van der Waals surface area contributed by atoms with Gasteiger partial charge in [0.2, 0.25) is 5.91 Å². The molecule has 0 spiro atoms. The van der Waals surface area contributed by atoms with Crippen molar-refractivity contribution in [3.63, 3.8) is 0 Å². The predicted molar refractivity (Wildman–Crippen MR) is 141 cm³/mol. The molecule has 0 aromatic heterocycles. The highest BCUT2D eigenvalue weighted by Gasteiger charge is 2.48. The summed E-state index contributed by atoms with van der Waals surface area (Å²) in [7, 11) is 0. The fraction of sp³-hybridized carbons (Fsp3) is 0.731. The van der Waals surface area contributed by atoms with E-state index in [-0.39, 0.29) is 17.8 Å². The summed E-state index contributed by atoms with van der Waals surface area (Å²) in [5.41, 5.74) is 0.416. The quantitative estimate of drug-likeness (QED) is 0.226. The molecule has 2 saturated heterocycles. The summed E-state index contributed by atoms with van der Waals surface area (Å²) >= 11 is 7.61. The Bertz CT molecular complexity index is 818. The zero-order valence-electron chi connectivity index (χ0n) is 21.0. The average molecular weight is 547 g/mol. The van der Waals surface area contributed by atoms with Crippen LogP contribution in [0.1, 0.15) is 51.0 Å². The first-order valence-electron chi connectivity index (χ1n) is 12.9. The van der Waals surface area contributed by atoms with Crippen LogP contribution in [0.4, 0.5) is 4.39 Å². The lowest BCUT2D eigenvalue weighted by atomic mass is 9.91. The van der Waals surface area contributed by atoms with Crippen molar-refractivity contribution in [3.05, 3.63) is 35.6 Å². The third-order valence-electron chi connectivity index (χ3n) is 7.36. The number of aliphatic hydroxyl groups is 3. The van der Waals surface area contributed by atoms with Crippen LogP contribution >= 0.6 is 23.4 Å². The molecule has 7 nitrogen and oxygen atoms in total. The fourth-order valence-corrected chi connectivity index (χ4v) is 6.01. The third-order valence-corrected chi connectivity index (χ3v) is 8.49. The van der Waals surface area contributed by atoms with Crippen LogP contribution in [0.2, 0.25) is 0 Å². The first-order valence-corrected chi connectivity index (χ1v) is 14.6. The Morgan fingerprint density at radius 2 is 1.89 bits per heavy atom. The predicted octanol–water partition coefficient (Wildman–Crippen LogP) is 2.58. The van der Waals surface area contributed by atoms with E-state index >= 15 is 0 Å². The Labute approximate surface area is 222 Å². The topological polar surface area (TPSA) is 111 Å². The standard InChI is InChI=1S/C26H40ClFN2O5S/c1-15(27)20(24-22(32)21(31)23(33)26(35-24)36-2)30-25(34)19-12-9-17(13-14-29-19)6-4-3-5-16-7-10-18(28)11-8-16/h7-8,10-11,15,17,19-24,26,29,31-33H,3-6,9,12-14H2,1-2H3,(H,30,34)/t15-,17-,19?,20+,21?,22-,23+,24+,26?/m0/s1. The molecule has 3 rings (SSSR count). The first-order chi connectivity index (χ1) is 17.2. The van der Waals surface area contributed by atoms with Crippen LogP contribution in [0.3, 0.4) is 0 Å². The van der Waals surface area contributed by atoms with Gasteiger partial charge in [-0.2, -0.15) is 0 Å². The van der Waals surface area contributed by atoms with Gasteiger partial charge in [0, 0.05) is 0 Å². The van der Waals surface area contributed by atoms with Gasteiger partial charge in [0.25, 0.3) is 0 Å². The van der Waals surface area contributed by atoms with Crippen LogP contribution in [0.25, 0.3) is 0 Å². The number of carbonyl (C=O) groups excluding carboxylic acids is 1. The van der Waals surface area contributed by atoms with Crippen LogP contribution in [0, 0.1) is 11.7 Å². The number of aryl methyl sites for hydroxylation is 1. The van der Waals surface area contributed by atoms with Gasteiger partial charge in [-0.25, -0.2) is 4.39 Å². The van der Waals surface area contributed by atoms with E-state index in [2.05, 4.69) is 10.6 Å². The maximum absolute atomic E-state index is 13.1. The van der Waals surface area contributed by atoms with E-state index in [1.54, 1.807) is 13.2 Å². The molecule has 9 atom stereocenters. The molecule has 2 heterocycles. The van der Waals surface area contributed by atoms with Gasteiger partial charge in [0.1, 0.15) is 35.7 Å². The van der Waals surface area contributed by atoms with E-state index in [1.807, 2.05) is 12.1 Å². The summed E-state index contributed by atoms with van der Waals surface area (Å²) < 4.78 is 18.9. The molecular weight excluding hydrogens is 507 g/mol. The van der Waals surface area contributed by atoms with Crippen molar-refractivity contribution in [2.24, 2.45) is 5.92 Å². The van der Waals surface area contributed by atoms with Crippen LogP contribution in [-0.4, -0.2) is 81.3 Å². The Hall–Kier alpha value is -0.940. The van der Waals surface area contributed by atoms with Crippen LogP contribution in [0.5, 0.6) is 0 Å². The minimum atomic E-state index is -1.39. The Balaban J connectivity index is 1.48. The number of nitrogens with one attached hydrogen (secondary N) is 2. The highest BCUT2D eigenvalue weighted by Crippen LogP contribution is 2.30. The molecule has 0 aliphatic carbocycles. The molecule has 0 radical (unpaired) electrons. The maximum atomic E-state index is 13.1. The largest absolute Gasteiger partial charge is 0.388 e. The van der Waals surface area contributed by atoms with Gasteiger partial charge in [-0.15, -0.1) is 23.4 Å². The molecular formula is C26H40ClFN2O5S. The second-order valence-corrected chi connectivity index (χ2v) is 11.6. The lowest BCUT2D eigenvalue weighted by Crippen LogP contribution is -2.65. The molecule has 3 unspecified atom stereocenters. The van der Waals surface area contributed by atoms with Crippen LogP contribution in [0.15, 0.2) is 24.3 Å². The van der Waals surface area contributed by atoms with E-state index in [9.17, 15) is 24.5 Å². The van der Waals surface area contributed by atoms with Gasteiger partial charge in [-0.3, -0.25) is 4.79 Å². The Kier molecular flexibility index (Phi) is 11.7. The number of halogens is 2. The minimum Gasteiger partial charge on any atom is -0.388 e. The van der Waals surface area contributed by atoms with Crippen molar-refractivity contribution in [3.8, 4) is 0 Å². The number of ether oxygens (including phenoxy) is 1. The lowest BCUT2D eigenvalue weighted by molar-refractivity contribution is -0.205. The Morgan fingerprint density at radius 1 is 1.17 bits per heavy atom. The summed E-state index contributed by atoms with van der Waals surface area (Å²) in [4.78, 5) is 13.1. The summed E-state index contributed by atoms with van der Waals surface area (Å²) in [5, 5.41) is 36.7. The SMILES string of the molecule is CSC1O[C@H]([C@H](NC(=O)C2CC[C@H](CCCCc3ccc(F)cc3)CCN2)[C@H](C)Cl)[C@@H](O)C(O)[C@H]1O. The van der Waals surface area contributed by atoms with Crippen LogP contribution < -0.4 is 10.6 Å². The van der Waals surface area contributed by atoms with Crippen molar-refractivity contribution < 1.29 is 29.2 Å². The molecule has 1 aromatic rings. The Morgan fingerprint density at radius 3 is 2.56 bits per heavy atom. The number of hydrogen-bond acceptors (Lipinski definition) is 7. The molecule has 10 heteroatoms. The second kappa shape index (κ2) is 14.3. The summed E-state index contributed by atoms with van der Waals surface area (Å²) in [6.07, 6.45) is 3.59. The van der Waals surface area contributed by atoms with Gasteiger partial charge in [-0.1, -0.05) is 25.0 Å². The highest BCUT2D eigenvalue weighted by molar-refractivity contribution is 7.99.